The summed E-state index contributed by atoms with van der Waals surface area (Å²) in [7, 11) is 1.48. The Hall–Kier alpha value is -1.30. The third kappa shape index (κ3) is 6.78. The zero-order valence-corrected chi connectivity index (χ0v) is 10.8. The van der Waals surface area contributed by atoms with Gasteiger partial charge in [-0.2, -0.15) is 0 Å². The van der Waals surface area contributed by atoms with E-state index in [9.17, 15) is 9.59 Å². The van der Waals surface area contributed by atoms with Crippen molar-refractivity contribution >= 4 is 12.1 Å². The molecule has 1 amide bonds. The molecule has 2 N–H and O–H groups in total. The lowest BCUT2D eigenvalue weighted by atomic mass is 10.1. The average Bonchev–Trinajstić information content (AvgIpc) is 2.15. The number of aliphatic hydroxyl groups excluding tert-OH is 1. The maximum Gasteiger partial charge on any atom is 0.410 e. The molecule has 0 aliphatic carbocycles. The molecule has 0 aliphatic heterocycles. The quantitative estimate of drug-likeness (QED) is 0.759. The number of carboxylic acids is 1. The molecule has 6 heteroatoms. The van der Waals surface area contributed by atoms with Gasteiger partial charge in [0, 0.05) is 13.5 Å². The molecule has 0 spiro atoms. The maximum absolute atomic E-state index is 11.6. The van der Waals surface area contributed by atoms with Crippen molar-refractivity contribution in [2.75, 3.05) is 13.7 Å². The molecule has 0 saturated carbocycles. The molecule has 0 aromatic rings. The number of rotatable bonds is 5. The van der Waals surface area contributed by atoms with Crippen molar-refractivity contribution in [3.05, 3.63) is 0 Å². The van der Waals surface area contributed by atoms with Crippen molar-refractivity contribution in [2.45, 2.75) is 45.3 Å². The Morgan fingerprint density at radius 2 is 1.88 bits per heavy atom. The van der Waals surface area contributed by atoms with Crippen LogP contribution in [0.4, 0.5) is 4.79 Å². The van der Waals surface area contributed by atoms with E-state index in [0.29, 0.717) is 0 Å². The van der Waals surface area contributed by atoms with Crippen LogP contribution in [0.1, 0.15) is 33.6 Å². The topological polar surface area (TPSA) is 87.1 Å². The van der Waals surface area contributed by atoms with E-state index >= 15 is 0 Å². The summed E-state index contributed by atoms with van der Waals surface area (Å²) in [4.78, 5) is 23.3. The van der Waals surface area contributed by atoms with Gasteiger partial charge in [0.15, 0.2) is 0 Å². The van der Waals surface area contributed by atoms with Gasteiger partial charge in [-0.3, -0.25) is 4.79 Å². The maximum atomic E-state index is 11.6. The van der Waals surface area contributed by atoms with Gasteiger partial charge in [0.25, 0.3) is 0 Å². The van der Waals surface area contributed by atoms with Crippen LogP contribution in [0.25, 0.3) is 0 Å². The summed E-state index contributed by atoms with van der Waals surface area (Å²) in [6.45, 7) is 4.93. The molecule has 0 aromatic carbocycles. The summed E-state index contributed by atoms with van der Waals surface area (Å²) in [5.74, 6) is -0.957. The van der Waals surface area contributed by atoms with Crippen LogP contribution in [0.3, 0.4) is 0 Å². The van der Waals surface area contributed by atoms with Crippen molar-refractivity contribution in [1.82, 2.24) is 4.90 Å². The van der Waals surface area contributed by atoms with Crippen molar-refractivity contribution in [3.63, 3.8) is 0 Å². The molecule has 0 saturated heterocycles. The average molecular weight is 247 g/mol. The first kappa shape index (κ1) is 15.7. The summed E-state index contributed by atoms with van der Waals surface area (Å²) in [6, 6.07) is -0.541. The second-order valence-electron chi connectivity index (χ2n) is 4.86. The van der Waals surface area contributed by atoms with E-state index in [4.69, 9.17) is 14.9 Å². The predicted octanol–water partition coefficient (Wildman–Crippen LogP) is 1.08. The molecule has 6 nitrogen and oxygen atoms in total. The molecule has 0 aliphatic rings. The molecular formula is C11H21NO5. The summed E-state index contributed by atoms with van der Waals surface area (Å²) < 4.78 is 5.12. The zero-order valence-electron chi connectivity index (χ0n) is 10.8. The van der Waals surface area contributed by atoms with Gasteiger partial charge in [-0.25, -0.2) is 4.79 Å². The second-order valence-corrected chi connectivity index (χ2v) is 4.86. The van der Waals surface area contributed by atoms with Crippen molar-refractivity contribution in [3.8, 4) is 0 Å². The highest BCUT2D eigenvalue weighted by molar-refractivity contribution is 5.69. The summed E-state index contributed by atoms with van der Waals surface area (Å²) in [5, 5.41) is 17.7. The Morgan fingerprint density at radius 3 is 2.24 bits per heavy atom. The Kier molecular flexibility index (Phi) is 5.95. The number of aliphatic hydroxyl groups is 1. The third-order valence-corrected chi connectivity index (χ3v) is 2.13. The summed E-state index contributed by atoms with van der Waals surface area (Å²) in [6.07, 6.45) is -0.470. The number of carbonyl (C=O) groups excluding carboxylic acids is 1. The Balaban J connectivity index is 4.37. The van der Waals surface area contributed by atoms with E-state index in [1.165, 1.54) is 11.9 Å². The standard InChI is InChI=1S/C11H21NO5/c1-11(2,3)17-10(16)12(4)8(7-13)5-6-9(14)15/h8,13H,5-7H2,1-4H3,(H,14,15). The lowest BCUT2D eigenvalue weighted by molar-refractivity contribution is -0.137. The van der Waals surface area contributed by atoms with Gasteiger partial charge in [-0.1, -0.05) is 0 Å². The third-order valence-electron chi connectivity index (χ3n) is 2.13. The highest BCUT2D eigenvalue weighted by Gasteiger charge is 2.25. The molecule has 0 bridgehead atoms. The molecule has 0 aromatic heterocycles. The largest absolute Gasteiger partial charge is 0.481 e. The fraction of sp³-hybridized carbons (Fsp3) is 0.818. The number of carboxylic acid groups (broad SMARTS) is 1. The smallest absolute Gasteiger partial charge is 0.410 e. The fourth-order valence-electron chi connectivity index (χ4n) is 1.18. The van der Waals surface area contributed by atoms with Crippen molar-refractivity contribution in [1.29, 1.82) is 0 Å². The zero-order chi connectivity index (χ0) is 13.6. The number of aliphatic carboxylic acids is 1. The molecule has 17 heavy (non-hydrogen) atoms. The van der Waals surface area contributed by atoms with Crippen LogP contribution in [0, 0.1) is 0 Å². The van der Waals surface area contributed by atoms with Gasteiger partial charge >= 0.3 is 12.1 Å². The van der Waals surface area contributed by atoms with Crippen LogP contribution in [-0.2, 0) is 9.53 Å². The minimum Gasteiger partial charge on any atom is -0.481 e. The van der Waals surface area contributed by atoms with E-state index < -0.39 is 23.7 Å². The summed E-state index contributed by atoms with van der Waals surface area (Å²) >= 11 is 0. The highest BCUT2D eigenvalue weighted by Crippen LogP contribution is 2.12. The first-order valence-electron chi connectivity index (χ1n) is 5.46. The highest BCUT2D eigenvalue weighted by atomic mass is 16.6. The number of carbonyl (C=O) groups is 2. The van der Waals surface area contributed by atoms with Crippen LogP contribution in [0.5, 0.6) is 0 Å². The summed E-state index contributed by atoms with van der Waals surface area (Å²) in [5.41, 5.74) is -0.613. The van der Waals surface area contributed by atoms with E-state index in [-0.39, 0.29) is 19.4 Å². The van der Waals surface area contributed by atoms with E-state index in [1.807, 2.05) is 0 Å². The number of nitrogens with zero attached hydrogens (tertiary/aromatic N) is 1. The lowest BCUT2D eigenvalue weighted by Crippen LogP contribution is -2.42. The number of ether oxygens (including phenoxy) is 1. The number of amides is 1. The van der Waals surface area contributed by atoms with Crippen LogP contribution >= 0.6 is 0 Å². The van der Waals surface area contributed by atoms with Crippen molar-refractivity contribution in [2.24, 2.45) is 0 Å². The van der Waals surface area contributed by atoms with E-state index in [1.54, 1.807) is 20.8 Å². The predicted molar refractivity (Wildman–Crippen MR) is 61.7 cm³/mol. The Morgan fingerprint density at radius 1 is 1.35 bits per heavy atom. The minimum atomic E-state index is -0.957. The fourth-order valence-corrected chi connectivity index (χ4v) is 1.18. The Labute approximate surface area is 101 Å². The molecule has 1 atom stereocenters. The SMILES string of the molecule is CN(C(=O)OC(C)(C)C)C(CO)CCC(=O)O. The molecule has 1 unspecified atom stereocenters. The first-order valence-corrected chi connectivity index (χ1v) is 5.46. The minimum absolute atomic E-state index is 0.0988. The molecule has 0 radical (unpaired) electrons. The van der Waals surface area contributed by atoms with E-state index in [2.05, 4.69) is 0 Å². The monoisotopic (exact) mass is 247 g/mol. The second kappa shape index (κ2) is 6.44. The van der Waals surface area contributed by atoms with Crippen LogP contribution in [-0.4, -0.2) is 52.5 Å². The van der Waals surface area contributed by atoms with Crippen molar-refractivity contribution < 1.29 is 24.5 Å². The van der Waals surface area contributed by atoms with Gasteiger partial charge in [0.2, 0.25) is 0 Å². The molecule has 100 valence electrons. The lowest BCUT2D eigenvalue weighted by Gasteiger charge is -2.29. The number of hydrogen-bond acceptors (Lipinski definition) is 4. The molecule has 0 rings (SSSR count). The van der Waals surface area contributed by atoms with E-state index in [0.717, 1.165) is 0 Å². The molecule has 0 heterocycles. The van der Waals surface area contributed by atoms with Gasteiger partial charge in [-0.05, 0) is 27.2 Å². The molecule has 0 fully saturated rings. The molecular weight excluding hydrogens is 226 g/mol. The van der Waals surface area contributed by atoms with Gasteiger partial charge in [0.1, 0.15) is 5.60 Å². The Bertz CT molecular complexity index is 272. The number of likely N-dealkylation sites (N-methyl/N-ethyl adjacent to an activating group) is 1. The first-order chi connectivity index (χ1) is 7.67. The van der Waals surface area contributed by atoms with Gasteiger partial charge in [0.05, 0.1) is 12.6 Å². The van der Waals surface area contributed by atoms with Crippen LogP contribution < -0.4 is 0 Å². The van der Waals surface area contributed by atoms with Crippen LogP contribution in [0.15, 0.2) is 0 Å². The van der Waals surface area contributed by atoms with Crippen LogP contribution in [0.2, 0.25) is 0 Å². The number of hydrogen-bond donors (Lipinski definition) is 2. The van der Waals surface area contributed by atoms with Gasteiger partial charge < -0.3 is 19.8 Å². The van der Waals surface area contributed by atoms with Gasteiger partial charge in [-0.15, -0.1) is 0 Å². The normalized spacial score (nSPS) is 13.0.